The molecule has 0 aliphatic heterocycles. The molecule has 154 valence electrons. The number of imidazole rings is 1. The van der Waals surface area contributed by atoms with Gasteiger partial charge in [0.25, 0.3) is 0 Å². The minimum atomic E-state index is -4.42. The van der Waals surface area contributed by atoms with E-state index in [4.69, 9.17) is 0 Å². The van der Waals surface area contributed by atoms with Gasteiger partial charge in [-0.15, -0.1) is 0 Å². The number of nitrogens with one attached hydrogen (secondary N) is 2. The Labute approximate surface area is 166 Å². The molecule has 0 fully saturated rings. The fraction of sp³-hybridized carbons (Fsp3) is 0.333. The predicted molar refractivity (Wildman–Crippen MR) is 105 cm³/mol. The summed E-state index contributed by atoms with van der Waals surface area (Å²) >= 11 is 0. The number of para-hydroxylation sites is 2. The van der Waals surface area contributed by atoms with Crippen molar-refractivity contribution < 1.29 is 18.0 Å². The quantitative estimate of drug-likeness (QED) is 0.639. The van der Waals surface area contributed by atoms with Crippen LogP contribution in [-0.4, -0.2) is 21.6 Å². The van der Waals surface area contributed by atoms with Crippen molar-refractivity contribution in [2.75, 3.05) is 0 Å². The van der Waals surface area contributed by atoms with E-state index in [2.05, 4.69) is 15.6 Å². The van der Waals surface area contributed by atoms with E-state index in [1.165, 1.54) is 12.1 Å². The van der Waals surface area contributed by atoms with E-state index in [9.17, 15) is 18.0 Å². The minimum Gasteiger partial charge on any atom is -0.335 e. The first-order chi connectivity index (χ1) is 13.8. The Morgan fingerprint density at radius 3 is 2.52 bits per heavy atom. The van der Waals surface area contributed by atoms with E-state index in [0.717, 1.165) is 17.1 Å². The lowest BCUT2D eigenvalue weighted by atomic mass is 9.98. The lowest BCUT2D eigenvalue weighted by molar-refractivity contribution is -0.138. The van der Waals surface area contributed by atoms with Gasteiger partial charge in [-0.25, -0.2) is 9.78 Å². The highest BCUT2D eigenvalue weighted by Gasteiger charge is 2.33. The van der Waals surface area contributed by atoms with Crippen molar-refractivity contribution in [3.63, 3.8) is 0 Å². The number of urea groups is 1. The molecule has 3 rings (SSSR count). The summed E-state index contributed by atoms with van der Waals surface area (Å²) < 4.78 is 41.5. The summed E-state index contributed by atoms with van der Waals surface area (Å²) in [5.74, 6) is 0.691. The topological polar surface area (TPSA) is 59.0 Å². The van der Waals surface area contributed by atoms with Crippen LogP contribution in [0.15, 0.2) is 48.5 Å². The van der Waals surface area contributed by atoms with Crippen LogP contribution in [0.5, 0.6) is 0 Å². The maximum atomic E-state index is 13.2. The van der Waals surface area contributed by atoms with Gasteiger partial charge in [-0.1, -0.05) is 37.3 Å². The van der Waals surface area contributed by atoms with Crippen LogP contribution in [0, 0.1) is 0 Å². The lowest BCUT2D eigenvalue weighted by Crippen LogP contribution is -2.43. The van der Waals surface area contributed by atoms with Crippen LogP contribution >= 0.6 is 0 Å². The summed E-state index contributed by atoms with van der Waals surface area (Å²) in [5, 5.41) is 5.50. The zero-order valence-corrected chi connectivity index (χ0v) is 16.3. The second kappa shape index (κ2) is 8.55. The molecule has 5 nitrogen and oxygen atoms in total. The number of carbonyl (C=O) groups is 1. The minimum absolute atomic E-state index is 0.103. The molecule has 0 spiro atoms. The van der Waals surface area contributed by atoms with Crippen LogP contribution in [-0.2, 0) is 26.2 Å². The number of nitrogens with zero attached hydrogens (tertiary/aromatic N) is 2. The lowest BCUT2D eigenvalue weighted by Gasteiger charge is -2.20. The Hall–Kier alpha value is -3.03. The SMILES string of the molecule is CCC(Cc1ccccc1C(F)(F)F)NC(=O)NCc1nc2ccccc2n1C. The van der Waals surface area contributed by atoms with E-state index in [0.29, 0.717) is 12.2 Å². The van der Waals surface area contributed by atoms with E-state index in [-0.39, 0.29) is 18.5 Å². The molecule has 1 aromatic heterocycles. The van der Waals surface area contributed by atoms with Gasteiger partial charge in [0.15, 0.2) is 0 Å². The number of rotatable bonds is 6. The van der Waals surface area contributed by atoms with Crippen LogP contribution in [0.1, 0.15) is 30.3 Å². The van der Waals surface area contributed by atoms with Crippen molar-refractivity contribution in [2.45, 2.75) is 38.5 Å². The molecule has 3 aromatic rings. The molecule has 2 N–H and O–H groups in total. The van der Waals surface area contributed by atoms with Gasteiger partial charge in [-0.3, -0.25) is 0 Å². The Bertz CT molecular complexity index is 997. The molecule has 0 aliphatic carbocycles. The summed E-state index contributed by atoms with van der Waals surface area (Å²) in [4.78, 5) is 16.8. The molecule has 0 saturated carbocycles. The second-order valence-electron chi connectivity index (χ2n) is 6.87. The third-order valence-corrected chi connectivity index (χ3v) is 4.90. The number of fused-ring (bicyclic) bond motifs is 1. The highest BCUT2D eigenvalue weighted by Crippen LogP contribution is 2.32. The van der Waals surface area contributed by atoms with Gasteiger partial charge < -0.3 is 15.2 Å². The number of aromatic nitrogens is 2. The van der Waals surface area contributed by atoms with Gasteiger partial charge in [0, 0.05) is 13.1 Å². The number of halogens is 3. The number of alkyl halides is 3. The van der Waals surface area contributed by atoms with E-state index in [1.807, 2.05) is 42.8 Å². The average Bonchev–Trinajstić information content (AvgIpc) is 3.01. The zero-order chi connectivity index (χ0) is 21.0. The fourth-order valence-electron chi connectivity index (χ4n) is 3.29. The second-order valence-corrected chi connectivity index (χ2v) is 6.87. The molecule has 2 aromatic carbocycles. The summed E-state index contributed by atoms with van der Waals surface area (Å²) in [6, 6.07) is 12.2. The van der Waals surface area contributed by atoms with Gasteiger partial charge in [-0.2, -0.15) is 13.2 Å². The molecule has 29 heavy (non-hydrogen) atoms. The Morgan fingerprint density at radius 2 is 1.83 bits per heavy atom. The van der Waals surface area contributed by atoms with Crippen LogP contribution in [0.4, 0.5) is 18.0 Å². The monoisotopic (exact) mass is 404 g/mol. The first-order valence-electron chi connectivity index (χ1n) is 9.39. The molecule has 0 saturated heterocycles. The number of benzene rings is 2. The number of aryl methyl sites for hydroxylation is 1. The number of hydrogen-bond donors (Lipinski definition) is 2. The van der Waals surface area contributed by atoms with E-state index in [1.54, 1.807) is 6.07 Å². The largest absolute Gasteiger partial charge is 0.416 e. The van der Waals surface area contributed by atoms with Gasteiger partial charge in [0.2, 0.25) is 0 Å². The molecule has 2 amide bonds. The summed E-state index contributed by atoms with van der Waals surface area (Å²) in [6.45, 7) is 2.04. The molecule has 1 atom stereocenters. The normalized spacial score (nSPS) is 12.7. The summed E-state index contributed by atoms with van der Waals surface area (Å²) in [6.07, 6.45) is -3.81. The first kappa shape index (κ1) is 20.7. The standard InChI is InChI=1S/C21H23F3N4O/c1-3-15(12-14-8-4-5-9-16(14)21(22,23)24)26-20(29)25-13-19-27-17-10-6-7-11-18(17)28(19)2/h4-11,15H,3,12-13H2,1-2H3,(H2,25,26,29). The van der Waals surface area contributed by atoms with Gasteiger partial charge >= 0.3 is 12.2 Å². The molecular formula is C21H23F3N4O. The van der Waals surface area contributed by atoms with E-state index < -0.39 is 23.8 Å². The summed E-state index contributed by atoms with van der Waals surface area (Å²) in [7, 11) is 1.87. The zero-order valence-electron chi connectivity index (χ0n) is 16.3. The van der Waals surface area contributed by atoms with Crippen LogP contribution in [0.2, 0.25) is 0 Å². The fourth-order valence-corrected chi connectivity index (χ4v) is 3.29. The molecule has 0 radical (unpaired) electrons. The molecule has 0 bridgehead atoms. The van der Waals surface area contributed by atoms with Crippen LogP contribution < -0.4 is 10.6 Å². The predicted octanol–water partition coefficient (Wildman–Crippen LogP) is 4.41. The van der Waals surface area contributed by atoms with Crippen molar-refractivity contribution in [1.82, 2.24) is 20.2 Å². The third kappa shape index (κ3) is 4.88. The van der Waals surface area contributed by atoms with Crippen LogP contribution in [0.25, 0.3) is 11.0 Å². The van der Waals surface area contributed by atoms with Gasteiger partial charge in [-0.05, 0) is 36.6 Å². The molecular weight excluding hydrogens is 381 g/mol. The number of hydrogen-bond acceptors (Lipinski definition) is 2. The summed E-state index contributed by atoms with van der Waals surface area (Å²) in [5.41, 5.74) is 1.30. The van der Waals surface area contributed by atoms with Gasteiger partial charge in [0.1, 0.15) is 5.82 Å². The maximum Gasteiger partial charge on any atom is 0.416 e. The highest BCUT2D eigenvalue weighted by molar-refractivity contribution is 5.76. The Balaban J connectivity index is 1.62. The number of carbonyl (C=O) groups excluding carboxylic acids is 1. The van der Waals surface area contributed by atoms with Gasteiger partial charge in [0.05, 0.1) is 23.1 Å². The Morgan fingerprint density at radius 1 is 1.14 bits per heavy atom. The van der Waals surface area contributed by atoms with Crippen molar-refractivity contribution >= 4 is 17.1 Å². The highest BCUT2D eigenvalue weighted by atomic mass is 19.4. The van der Waals surface area contributed by atoms with Crippen LogP contribution in [0.3, 0.4) is 0 Å². The van der Waals surface area contributed by atoms with Crippen molar-refractivity contribution in [3.05, 3.63) is 65.5 Å². The van der Waals surface area contributed by atoms with Crippen molar-refractivity contribution in [3.8, 4) is 0 Å². The molecule has 1 unspecified atom stereocenters. The van der Waals surface area contributed by atoms with Crippen molar-refractivity contribution in [2.24, 2.45) is 7.05 Å². The first-order valence-corrected chi connectivity index (χ1v) is 9.39. The average molecular weight is 404 g/mol. The van der Waals surface area contributed by atoms with E-state index >= 15 is 0 Å². The Kier molecular flexibility index (Phi) is 6.10. The molecule has 1 heterocycles. The maximum absolute atomic E-state index is 13.2. The smallest absolute Gasteiger partial charge is 0.335 e. The molecule has 8 heteroatoms. The molecule has 0 aliphatic rings. The van der Waals surface area contributed by atoms with Crippen molar-refractivity contribution in [1.29, 1.82) is 0 Å². The number of amides is 2. The third-order valence-electron chi connectivity index (χ3n) is 4.90.